The molecule has 4 aliphatic heterocycles. The largest absolute Gasteiger partial charge is 0.370 e. The Morgan fingerprint density at radius 1 is 0.654 bits per heavy atom. The molecule has 2 fully saturated rings. The van der Waals surface area contributed by atoms with Crippen molar-refractivity contribution in [2.24, 2.45) is 11.8 Å². The number of fused-ring (bicyclic) bond motifs is 4. The molecule has 0 aliphatic carbocycles. The van der Waals surface area contributed by atoms with E-state index >= 15 is 0 Å². The molecule has 0 amide bonds. The highest BCUT2D eigenvalue weighted by Gasteiger charge is 2.40. The molecule has 26 heavy (non-hydrogen) atoms. The molecule has 0 N–H and O–H groups in total. The fraction of sp³-hybridized carbons (Fsp3) is 0.583. The van der Waals surface area contributed by atoms with Crippen molar-refractivity contribution in [1.29, 1.82) is 0 Å². The summed E-state index contributed by atoms with van der Waals surface area (Å²) in [7, 11) is 0. The molecule has 2 saturated heterocycles. The monoisotopic (exact) mass is 350 g/mol. The second kappa shape index (κ2) is 6.07. The summed E-state index contributed by atoms with van der Waals surface area (Å²) in [6, 6.07) is 9.39. The molecule has 0 spiro atoms. The fourth-order valence-corrected chi connectivity index (χ4v) is 5.95. The van der Waals surface area contributed by atoms with Gasteiger partial charge >= 0.3 is 0 Å². The Balaban J connectivity index is 1.50. The normalized spacial score (nSPS) is 39.1. The molecular weight excluding hydrogens is 320 g/mol. The van der Waals surface area contributed by atoms with Crippen LogP contribution in [0.2, 0.25) is 0 Å². The first kappa shape index (κ1) is 16.8. The molecule has 138 valence electrons. The number of hydrogen-bond donors (Lipinski definition) is 0. The number of rotatable bonds is 2. The second-order valence-corrected chi connectivity index (χ2v) is 8.83. The van der Waals surface area contributed by atoms with Crippen LogP contribution in [0.1, 0.15) is 64.5 Å². The van der Waals surface area contributed by atoms with Crippen molar-refractivity contribution in [3.05, 3.63) is 46.5 Å². The van der Waals surface area contributed by atoms with Crippen molar-refractivity contribution in [3.8, 4) is 0 Å². The van der Waals surface area contributed by atoms with Gasteiger partial charge in [-0.25, -0.2) is 0 Å². The highest BCUT2D eigenvalue weighted by molar-refractivity contribution is 5.76. The zero-order valence-electron chi connectivity index (χ0n) is 16.4. The maximum absolute atomic E-state index is 6.17. The molecule has 0 saturated carbocycles. The quantitative estimate of drug-likeness (QED) is 0.688. The number of benzene rings is 1. The first-order valence-corrected chi connectivity index (χ1v) is 10.4. The van der Waals surface area contributed by atoms with Gasteiger partial charge in [0.15, 0.2) is 0 Å². The third kappa shape index (κ3) is 2.38. The second-order valence-electron chi connectivity index (χ2n) is 8.83. The average Bonchev–Trinajstić information content (AvgIpc) is 3.28. The topological polar surface area (TPSA) is 18.5 Å². The molecule has 4 bridgehead atoms. The van der Waals surface area contributed by atoms with Crippen LogP contribution in [0.5, 0.6) is 0 Å². The van der Waals surface area contributed by atoms with Gasteiger partial charge in [0.1, 0.15) is 0 Å². The molecule has 2 heteroatoms. The Kier molecular flexibility index (Phi) is 3.92. The summed E-state index contributed by atoms with van der Waals surface area (Å²) in [5, 5.41) is 0. The lowest BCUT2D eigenvalue weighted by Gasteiger charge is -2.33. The van der Waals surface area contributed by atoms with Gasteiger partial charge in [0, 0.05) is 11.8 Å². The van der Waals surface area contributed by atoms with E-state index in [2.05, 4.69) is 52.0 Å². The third-order valence-electron chi connectivity index (χ3n) is 7.45. The Morgan fingerprint density at radius 3 is 1.42 bits per heavy atom. The van der Waals surface area contributed by atoms with E-state index in [1.54, 1.807) is 0 Å². The van der Waals surface area contributed by atoms with Gasteiger partial charge < -0.3 is 9.47 Å². The minimum absolute atomic E-state index is 0.349. The standard InChI is InChI=1S/C24H30O2/c1-13-19-9-10-20(25-19)14(2)23(13)17-5-7-18(8-6-17)24-15(3)21-11-12-22(26-21)16(24)4/h5-8,13,15,19-22H,9-12H2,1-4H3. The van der Waals surface area contributed by atoms with Crippen LogP contribution in [0.4, 0.5) is 0 Å². The van der Waals surface area contributed by atoms with E-state index in [1.807, 2.05) is 0 Å². The number of hydrogen-bond acceptors (Lipinski definition) is 2. The van der Waals surface area contributed by atoms with Crippen molar-refractivity contribution in [2.75, 3.05) is 0 Å². The predicted molar refractivity (Wildman–Crippen MR) is 106 cm³/mol. The van der Waals surface area contributed by atoms with E-state index in [1.165, 1.54) is 59.1 Å². The maximum Gasteiger partial charge on any atom is 0.0793 e. The van der Waals surface area contributed by atoms with E-state index in [9.17, 15) is 0 Å². The Bertz CT molecular complexity index is 718. The van der Waals surface area contributed by atoms with E-state index in [0.29, 0.717) is 36.3 Å². The van der Waals surface area contributed by atoms with Gasteiger partial charge in [0.25, 0.3) is 0 Å². The summed E-state index contributed by atoms with van der Waals surface area (Å²) in [5.74, 6) is 0.997. The zero-order valence-corrected chi connectivity index (χ0v) is 16.4. The molecule has 4 aliphatic rings. The van der Waals surface area contributed by atoms with E-state index in [-0.39, 0.29) is 0 Å². The van der Waals surface area contributed by atoms with Gasteiger partial charge in [-0.1, -0.05) is 38.1 Å². The minimum Gasteiger partial charge on any atom is -0.370 e. The molecule has 6 atom stereocenters. The molecule has 0 radical (unpaired) electrons. The summed E-state index contributed by atoms with van der Waals surface area (Å²) in [4.78, 5) is 0. The van der Waals surface area contributed by atoms with Crippen molar-refractivity contribution in [2.45, 2.75) is 77.8 Å². The highest BCUT2D eigenvalue weighted by atomic mass is 16.5. The molecule has 5 rings (SSSR count). The first-order valence-electron chi connectivity index (χ1n) is 10.4. The first-order chi connectivity index (χ1) is 12.5. The van der Waals surface area contributed by atoms with Crippen LogP contribution >= 0.6 is 0 Å². The summed E-state index contributed by atoms with van der Waals surface area (Å²) in [6.45, 7) is 9.22. The van der Waals surface area contributed by atoms with Gasteiger partial charge in [-0.2, -0.15) is 0 Å². The Hall–Kier alpha value is -1.38. The van der Waals surface area contributed by atoms with Gasteiger partial charge in [-0.3, -0.25) is 0 Å². The van der Waals surface area contributed by atoms with Crippen molar-refractivity contribution in [3.63, 3.8) is 0 Å². The predicted octanol–water partition coefficient (Wildman–Crippen LogP) is 5.63. The molecule has 0 aromatic heterocycles. The van der Waals surface area contributed by atoms with Crippen molar-refractivity contribution >= 4 is 11.1 Å². The summed E-state index contributed by atoms with van der Waals surface area (Å²) in [6.07, 6.45) is 6.31. The Morgan fingerprint density at radius 2 is 1.04 bits per heavy atom. The minimum atomic E-state index is 0.349. The fourth-order valence-electron chi connectivity index (χ4n) is 5.95. The van der Waals surface area contributed by atoms with E-state index in [0.717, 1.165) is 0 Å². The van der Waals surface area contributed by atoms with Crippen LogP contribution < -0.4 is 0 Å². The molecule has 6 unspecified atom stereocenters. The SMILES string of the molecule is CC1=C(c2ccc(C3=C(C)C4CCC(O4)C3C)cc2)C(C)C2CCC1O2. The lowest BCUT2D eigenvalue weighted by molar-refractivity contribution is 0.0353. The van der Waals surface area contributed by atoms with E-state index < -0.39 is 0 Å². The smallest absolute Gasteiger partial charge is 0.0793 e. The third-order valence-corrected chi connectivity index (χ3v) is 7.45. The number of ether oxygens (including phenoxy) is 2. The molecule has 2 nitrogen and oxygen atoms in total. The van der Waals surface area contributed by atoms with Gasteiger partial charge in [0.05, 0.1) is 24.4 Å². The van der Waals surface area contributed by atoms with Crippen LogP contribution in [0.25, 0.3) is 11.1 Å². The lowest BCUT2D eigenvalue weighted by atomic mass is 9.82. The van der Waals surface area contributed by atoms with E-state index in [4.69, 9.17) is 9.47 Å². The van der Waals surface area contributed by atoms with Crippen LogP contribution in [-0.2, 0) is 9.47 Å². The molecular formula is C24H30O2. The molecule has 1 aromatic rings. The lowest BCUT2D eigenvalue weighted by Crippen LogP contribution is -2.28. The van der Waals surface area contributed by atoms with Gasteiger partial charge in [-0.05, 0) is 73.0 Å². The summed E-state index contributed by atoms with van der Waals surface area (Å²) in [5.41, 5.74) is 8.74. The molecule has 4 heterocycles. The Labute approximate surface area is 157 Å². The van der Waals surface area contributed by atoms with Crippen molar-refractivity contribution in [1.82, 2.24) is 0 Å². The zero-order chi connectivity index (χ0) is 18.0. The van der Waals surface area contributed by atoms with Crippen LogP contribution in [0.3, 0.4) is 0 Å². The summed E-state index contributed by atoms with van der Waals surface area (Å²) >= 11 is 0. The van der Waals surface area contributed by atoms with Crippen LogP contribution in [0.15, 0.2) is 35.4 Å². The maximum atomic E-state index is 6.17. The van der Waals surface area contributed by atoms with Crippen LogP contribution in [0, 0.1) is 11.8 Å². The highest BCUT2D eigenvalue weighted by Crippen LogP contribution is 2.46. The van der Waals surface area contributed by atoms with Gasteiger partial charge in [0.2, 0.25) is 0 Å². The molecule has 1 aromatic carbocycles. The summed E-state index contributed by atoms with van der Waals surface area (Å²) < 4.78 is 12.3. The van der Waals surface area contributed by atoms with Gasteiger partial charge in [-0.15, -0.1) is 0 Å². The average molecular weight is 351 g/mol. The van der Waals surface area contributed by atoms with Crippen molar-refractivity contribution < 1.29 is 9.47 Å². The van der Waals surface area contributed by atoms with Crippen LogP contribution in [-0.4, -0.2) is 24.4 Å².